The predicted octanol–water partition coefficient (Wildman–Crippen LogP) is 2.45. The summed E-state index contributed by atoms with van der Waals surface area (Å²) in [7, 11) is 1.70. The Labute approximate surface area is 144 Å². The average molecular weight is 345 g/mol. The van der Waals surface area contributed by atoms with Crippen molar-refractivity contribution in [1.82, 2.24) is 29.9 Å². The maximum absolute atomic E-state index is 12.5. The lowest BCUT2D eigenvalue weighted by atomic mass is 10.1. The van der Waals surface area contributed by atoms with Gasteiger partial charge in [0.25, 0.3) is 5.91 Å². The van der Waals surface area contributed by atoms with Crippen LogP contribution in [-0.2, 0) is 7.05 Å². The van der Waals surface area contributed by atoms with E-state index >= 15 is 0 Å². The monoisotopic (exact) mass is 344 g/mol. The summed E-state index contributed by atoms with van der Waals surface area (Å²) in [5.41, 5.74) is 2.87. The number of aromatic nitrogens is 5. The Kier molecular flexibility index (Phi) is 4.35. The third-order valence-corrected chi connectivity index (χ3v) is 4.24. The minimum absolute atomic E-state index is 0.173. The van der Waals surface area contributed by atoms with Crippen molar-refractivity contribution in [1.29, 1.82) is 0 Å². The van der Waals surface area contributed by atoms with Gasteiger partial charge in [0.05, 0.1) is 22.4 Å². The van der Waals surface area contributed by atoms with Gasteiger partial charge in [0, 0.05) is 7.05 Å². The topological polar surface area (TPSA) is 77.6 Å². The van der Waals surface area contributed by atoms with Crippen LogP contribution in [0.4, 0.5) is 0 Å². The van der Waals surface area contributed by atoms with Gasteiger partial charge < -0.3 is 5.32 Å². The highest BCUT2D eigenvalue weighted by molar-refractivity contribution is 6.34. The molecule has 3 rings (SSSR count). The largest absolute Gasteiger partial charge is 0.344 e. The van der Waals surface area contributed by atoms with Crippen LogP contribution in [0.3, 0.4) is 0 Å². The molecule has 0 spiro atoms. The van der Waals surface area contributed by atoms with Gasteiger partial charge >= 0.3 is 0 Å². The zero-order chi connectivity index (χ0) is 17.3. The molecule has 1 amide bonds. The molecule has 1 unspecified atom stereocenters. The molecule has 24 heavy (non-hydrogen) atoms. The van der Waals surface area contributed by atoms with E-state index in [1.807, 2.05) is 31.2 Å². The van der Waals surface area contributed by atoms with Crippen molar-refractivity contribution in [3.8, 4) is 5.69 Å². The van der Waals surface area contributed by atoms with Crippen molar-refractivity contribution in [2.75, 3.05) is 0 Å². The summed E-state index contributed by atoms with van der Waals surface area (Å²) < 4.78 is 3.17. The molecule has 2 heterocycles. The number of rotatable bonds is 4. The lowest BCUT2D eigenvalue weighted by Gasteiger charge is -2.15. The summed E-state index contributed by atoms with van der Waals surface area (Å²) in [5.74, 6) is -0.254. The van der Waals surface area contributed by atoms with Crippen LogP contribution in [0, 0.1) is 6.92 Å². The van der Waals surface area contributed by atoms with Crippen molar-refractivity contribution < 1.29 is 4.79 Å². The molecular formula is C16H17ClN6O. The Morgan fingerprint density at radius 1 is 1.29 bits per heavy atom. The lowest BCUT2D eigenvalue weighted by Crippen LogP contribution is -2.28. The van der Waals surface area contributed by atoms with E-state index in [0.717, 1.165) is 11.3 Å². The molecule has 0 saturated heterocycles. The highest BCUT2D eigenvalue weighted by Gasteiger charge is 2.20. The van der Waals surface area contributed by atoms with Crippen molar-refractivity contribution in [2.45, 2.75) is 19.9 Å². The lowest BCUT2D eigenvalue weighted by molar-refractivity contribution is 0.0930. The number of hydrogen-bond acceptors (Lipinski definition) is 4. The standard InChI is InChI=1S/C16H17ClN6O/c1-10(20-16(24)15-14(17)11(2)21-22(15)3)12-4-6-13(7-5-12)23-9-18-8-19-23/h4-10H,1-3H3,(H,20,24). The zero-order valence-electron chi connectivity index (χ0n) is 13.6. The molecule has 1 N–H and O–H groups in total. The third-order valence-electron chi connectivity index (χ3n) is 3.79. The number of aryl methyl sites for hydroxylation is 2. The van der Waals surface area contributed by atoms with Crippen molar-refractivity contribution >= 4 is 17.5 Å². The number of carbonyl (C=O) groups excluding carboxylic acids is 1. The van der Waals surface area contributed by atoms with Gasteiger partial charge in [-0.1, -0.05) is 23.7 Å². The van der Waals surface area contributed by atoms with E-state index in [0.29, 0.717) is 16.4 Å². The van der Waals surface area contributed by atoms with Gasteiger partial charge in [-0.25, -0.2) is 9.67 Å². The minimum Gasteiger partial charge on any atom is -0.344 e. The first-order chi connectivity index (χ1) is 11.5. The Hall–Kier alpha value is -2.67. The molecule has 0 bridgehead atoms. The highest BCUT2D eigenvalue weighted by atomic mass is 35.5. The molecule has 0 radical (unpaired) electrons. The summed E-state index contributed by atoms with van der Waals surface area (Å²) in [6, 6.07) is 7.56. The number of carbonyl (C=O) groups is 1. The van der Waals surface area contributed by atoms with E-state index in [2.05, 4.69) is 20.5 Å². The SMILES string of the molecule is Cc1nn(C)c(C(=O)NC(C)c2ccc(-n3cncn3)cc2)c1Cl. The number of halogens is 1. The van der Waals surface area contributed by atoms with Gasteiger partial charge in [-0.2, -0.15) is 10.2 Å². The summed E-state index contributed by atoms with van der Waals surface area (Å²) in [5, 5.41) is 11.6. The molecule has 7 nitrogen and oxygen atoms in total. The number of nitrogens with one attached hydrogen (secondary N) is 1. The van der Waals surface area contributed by atoms with E-state index in [-0.39, 0.29) is 11.9 Å². The molecule has 0 saturated carbocycles. The van der Waals surface area contributed by atoms with Crippen LogP contribution in [0.2, 0.25) is 5.02 Å². The molecule has 3 aromatic rings. The van der Waals surface area contributed by atoms with E-state index in [1.165, 1.54) is 11.0 Å². The molecule has 0 aliphatic heterocycles. The Balaban J connectivity index is 1.75. The van der Waals surface area contributed by atoms with E-state index in [9.17, 15) is 4.79 Å². The fourth-order valence-corrected chi connectivity index (χ4v) is 2.73. The molecule has 0 aliphatic rings. The first-order valence-corrected chi connectivity index (χ1v) is 7.80. The summed E-state index contributed by atoms with van der Waals surface area (Å²) in [6.45, 7) is 3.69. The number of amides is 1. The number of nitrogens with zero attached hydrogens (tertiary/aromatic N) is 5. The second-order valence-electron chi connectivity index (χ2n) is 5.50. The Morgan fingerprint density at radius 3 is 2.54 bits per heavy atom. The first kappa shape index (κ1) is 16.2. The maximum atomic E-state index is 12.5. The predicted molar refractivity (Wildman–Crippen MR) is 90.2 cm³/mol. The van der Waals surface area contributed by atoms with Crippen molar-refractivity contribution in [3.63, 3.8) is 0 Å². The molecular weight excluding hydrogens is 328 g/mol. The molecule has 0 aliphatic carbocycles. The first-order valence-electron chi connectivity index (χ1n) is 7.42. The van der Waals surface area contributed by atoms with Crippen LogP contribution in [0.5, 0.6) is 0 Å². The highest BCUT2D eigenvalue weighted by Crippen LogP contribution is 2.21. The normalized spacial score (nSPS) is 12.2. The summed E-state index contributed by atoms with van der Waals surface area (Å²) in [6.07, 6.45) is 3.11. The van der Waals surface area contributed by atoms with Gasteiger partial charge in [0.1, 0.15) is 18.3 Å². The average Bonchev–Trinajstić information content (AvgIpc) is 3.16. The van der Waals surface area contributed by atoms with Gasteiger partial charge in [-0.3, -0.25) is 9.48 Å². The quantitative estimate of drug-likeness (QED) is 0.788. The summed E-state index contributed by atoms with van der Waals surface area (Å²) >= 11 is 6.16. The maximum Gasteiger partial charge on any atom is 0.271 e. The van der Waals surface area contributed by atoms with Crippen LogP contribution >= 0.6 is 11.6 Å². The molecule has 124 valence electrons. The van der Waals surface area contributed by atoms with Crippen LogP contribution < -0.4 is 5.32 Å². The second-order valence-corrected chi connectivity index (χ2v) is 5.88. The molecule has 8 heteroatoms. The zero-order valence-corrected chi connectivity index (χ0v) is 14.3. The fourth-order valence-electron chi connectivity index (χ4n) is 2.48. The summed E-state index contributed by atoms with van der Waals surface area (Å²) in [4.78, 5) is 16.4. The Bertz CT molecular complexity index is 854. The van der Waals surface area contributed by atoms with Crippen molar-refractivity contribution in [2.24, 2.45) is 7.05 Å². The van der Waals surface area contributed by atoms with Gasteiger partial charge in [-0.05, 0) is 31.5 Å². The second kappa shape index (κ2) is 6.45. The van der Waals surface area contributed by atoms with Crippen LogP contribution in [0.15, 0.2) is 36.9 Å². The van der Waals surface area contributed by atoms with Gasteiger partial charge in [-0.15, -0.1) is 0 Å². The molecule has 1 atom stereocenters. The smallest absolute Gasteiger partial charge is 0.271 e. The minimum atomic E-state index is -0.254. The van der Waals surface area contributed by atoms with Crippen molar-refractivity contribution in [3.05, 3.63) is 58.9 Å². The van der Waals surface area contributed by atoms with Crippen LogP contribution in [0.25, 0.3) is 5.69 Å². The number of hydrogen-bond donors (Lipinski definition) is 1. The van der Waals surface area contributed by atoms with Crippen LogP contribution in [0.1, 0.15) is 34.7 Å². The van der Waals surface area contributed by atoms with Gasteiger partial charge in [0.2, 0.25) is 0 Å². The molecule has 1 aromatic carbocycles. The fraction of sp³-hybridized carbons (Fsp3) is 0.250. The molecule has 2 aromatic heterocycles. The number of benzene rings is 1. The van der Waals surface area contributed by atoms with E-state index in [4.69, 9.17) is 11.6 Å². The van der Waals surface area contributed by atoms with Gasteiger partial charge in [0.15, 0.2) is 0 Å². The van der Waals surface area contributed by atoms with E-state index < -0.39 is 0 Å². The van der Waals surface area contributed by atoms with E-state index in [1.54, 1.807) is 25.0 Å². The third kappa shape index (κ3) is 3.03. The molecule has 0 fully saturated rings. The Morgan fingerprint density at radius 2 is 2.00 bits per heavy atom. The van der Waals surface area contributed by atoms with Crippen LogP contribution in [-0.4, -0.2) is 30.5 Å².